The van der Waals surface area contributed by atoms with Crippen LogP contribution in [0, 0.1) is 0 Å². The van der Waals surface area contributed by atoms with Crippen molar-refractivity contribution in [2.75, 3.05) is 6.54 Å². The van der Waals surface area contributed by atoms with Gasteiger partial charge in [0.25, 0.3) is 0 Å². The molecule has 19 heavy (non-hydrogen) atoms. The lowest BCUT2D eigenvalue weighted by molar-refractivity contribution is -0.139. The summed E-state index contributed by atoms with van der Waals surface area (Å²) in [6.07, 6.45) is 5.83. The number of carbonyl (C=O) groups is 2. The maximum Gasteiger partial charge on any atom is 0.248 e. The zero-order chi connectivity index (χ0) is 14.5. The van der Waals surface area contributed by atoms with Gasteiger partial charge in [0.05, 0.1) is 0 Å². The van der Waals surface area contributed by atoms with Crippen LogP contribution in [0.25, 0.3) is 0 Å². The van der Waals surface area contributed by atoms with Crippen molar-refractivity contribution in [1.82, 2.24) is 10.2 Å². The van der Waals surface area contributed by atoms with Gasteiger partial charge in [-0.05, 0) is 26.7 Å². The minimum absolute atomic E-state index is 0.0217. The molecule has 1 N–H and O–H groups in total. The molecule has 0 radical (unpaired) electrons. The second kappa shape index (κ2) is 6.92. The van der Waals surface area contributed by atoms with Crippen molar-refractivity contribution < 1.29 is 9.59 Å². The van der Waals surface area contributed by atoms with E-state index in [2.05, 4.69) is 19.2 Å². The number of hydrogen-bond donors (Lipinski definition) is 1. The monoisotopic (exact) mass is 268 g/mol. The van der Waals surface area contributed by atoms with E-state index >= 15 is 0 Å². The summed E-state index contributed by atoms with van der Waals surface area (Å²) in [5, 5.41) is 2.82. The molecule has 0 saturated carbocycles. The summed E-state index contributed by atoms with van der Waals surface area (Å²) >= 11 is 0. The Morgan fingerprint density at radius 2 is 1.89 bits per heavy atom. The van der Waals surface area contributed by atoms with Crippen molar-refractivity contribution in [1.29, 1.82) is 0 Å². The second-order valence-corrected chi connectivity index (χ2v) is 6.01. The van der Waals surface area contributed by atoms with Crippen LogP contribution in [-0.4, -0.2) is 34.8 Å². The molecular weight excluding hydrogens is 240 g/mol. The van der Waals surface area contributed by atoms with Crippen molar-refractivity contribution in [3.05, 3.63) is 0 Å². The minimum Gasteiger partial charge on any atom is -0.342 e. The maximum atomic E-state index is 12.6. The first-order valence-corrected chi connectivity index (χ1v) is 7.54. The molecule has 0 aliphatic carbocycles. The van der Waals surface area contributed by atoms with Gasteiger partial charge in [-0.3, -0.25) is 9.59 Å². The van der Waals surface area contributed by atoms with E-state index in [0.29, 0.717) is 13.0 Å². The third-order valence-electron chi connectivity index (χ3n) is 3.78. The van der Waals surface area contributed by atoms with Gasteiger partial charge in [-0.2, -0.15) is 0 Å². The SMILES string of the molecule is CCCCC(CCC)N1CCC(=O)NC(C)(C)C1=O. The van der Waals surface area contributed by atoms with Crippen molar-refractivity contribution >= 4 is 11.8 Å². The molecule has 0 bridgehead atoms. The number of rotatable bonds is 6. The summed E-state index contributed by atoms with van der Waals surface area (Å²) in [5.74, 6) is 0.0412. The number of amides is 2. The molecule has 0 aromatic heterocycles. The average molecular weight is 268 g/mol. The summed E-state index contributed by atoms with van der Waals surface area (Å²) in [6, 6.07) is 0.282. The van der Waals surface area contributed by atoms with Crippen molar-refractivity contribution in [2.24, 2.45) is 0 Å². The van der Waals surface area contributed by atoms with E-state index in [9.17, 15) is 9.59 Å². The minimum atomic E-state index is -0.772. The Labute approximate surface area is 116 Å². The molecule has 0 aromatic carbocycles. The first-order chi connectivity index (χ1) is 8.92. The van der Waals surface area contributed by atoms with Crippen LogP contribution in [-0.2, 0) is 9.59 Å². The highest BCUT2D eigenvalue weighted by Crippen LogP contribution is 2.21. The molecule has 1 atom stereocenters. The molecule has 4 nitrogen and oxygen atoms in total. The highest BCUT2D eigenvalue weighted by atomic mass is 16.2. The molecule has 1 rings (SSSR count). The molecule has 1 aliphatic heterocycles. The lowest BCUT2D eigenvalue weighted by atomic mass is 9.98. The summed E-state index contributed by atoms with van der Waals surface area (Å²) in [7, 11) is 0. The Bertz CT molecular complexity index is 326. The van der Waals surface area contributed by atoms with E-state index in [1.54, 1.807) is 13.8 Å². The van der Waals surface area contributed by atoms with E-state index in [1.807, 2.05) is 4.90 Å². The predicted molar refractivity (Wildman–Crippen MR) is 76.8 cm³/mol. The van der Waals surface area contributed by atoms with E-state index in [4.69, 9.17) is 0 Å². The van der Waals surface area contributed by atoms with Crippen molar-refractivity contribution in [3.63, 3.8) is 0 Å². The zero-order valence-electron chi connectivity index (χ0n) is 12.8. The number of nitrogens with one attached hydrogen (secondary N) is 1. The summed E-state index contributed by atoms with van der Waals surface area (Å²) in [5.41, 5.74) is -0.772. The molecule has 1 unspecified atom stereocenters. The molecule has 1 saturated heterocycles. The highest BCUT2D eigenvalue weighted by Gasteiger charge is 2.38. The molecule has 110 valence electrons. The Morgan fingerprint density at radius 1 is 1.21 bits per heavy atom. The number of nitrogens with zero attached hydrogens (tertiary/aromatic N) is 1. The van der Waals surface area contributed by atoms with Crippen LogP contribution >= 0.6 is 0 Å². The van der Waals surface area contributed by atoms with Crippen LogP contribution in [0.1, 0.15) is 66.2 Å². The van der Waals surface area contributed by atoms with Crippen LogP contribution in [0.3, 0.4) is 0 Å². The molecule has 1 aliphatic rings. The van der Waals surface area contributed by atoms with Gasteiger partial charge in [-0.1, -0.05) is 33.1 Å². The third kappa shape index (κ3) is 4.22. The normalized spacial score (nSPS) is 20.9. The van der Waals surface area contributed by atoms with Crippen LogP contribution in [0.15, 0.2) is 0 Å². The maximum absolute atomic E-state index is 12.6. The Hall–Kier alpha value is -1.06. The van der Waals surface area contributed by atoms with Gasteiger partial charge in [0.2, 0.25) is 11.8 Å². The predicted octanol–water partition coefficient (Wildman–Crippen LogP) is 2.47. The first-order valence-electron chi connectivity index (χ1n) is 7.54. The van der Waals surface area contributed by atoms with Gasteiger partial charge in [0.1, 0.15) is 5.54 Å². The van der Waals surface area contributed by atoms with Gasteiger partial charge in [0, 0.05) is 19.0 Å². The van der Waals surface area contributed by atoms with E-state index in [0.717, 1.165) is 32.1 Å². The molecule has 4 heteroatoms. The van der Waals surface area contributed by atoms with Crippen molar-refractivity contribution in [2.45, 2.75) is 77.8 Å². The topological polar surface area (TPSA) is 49.4 Å². The molecule has 1 heterocycles. The molecule has 0 spiro atoms. The largest absolute Gasteiger partial charge is 0.342 e. The highest BCUT2D eigenvalue weighted by molar-refractivity contribution is 5.93. The van der Waals surface area contributed by atoms with Crippen LogP contribution < -0.4 is 5.32 Å². The van der Waals surface area contributed by atoms with Gasteiger partial charge < -0.3 is 10.2 Å². The first kappa shape index (κ1) is 16.0. The summed E-state index contributed by atoms with van der Waals surface area (Å²) in [6.45, 7) is 8.48. The smallest absolute Gasteiger partial charge is 0.248 e. The van der Waals surface area contributed by atoms with Crippen LogP contribution in [0.2, 0.25) is 0 Å². The standard InChI is InChI=1S/C15H28N2O2/c1-5-7-9-12(8-6-2)17-11-10-13(18)16-15(3,4)14(17)19/h12H,5-11H2,1-4H3,(H,16,18). The number of unbranched alkanes of at least 4 members (excludes halogenated alkanes) is 1. The second-order valence-electron chi connectivity index (χ2n) is 6.01. The number of carbonyl (C=O) groups excluding carboxylic acids is 2. The Balaban J connectivity index is 2.86. The Kier molecular flexibility index (Phi) is 5.83. The fourth-order valence-electron chi connectivity index (χ4n) is 2.72. The van der Waals surface area contributed by atoms with E-state index < -0.39 is 5.54 Å². The summed E-state index contributed by atoms with van der Waals surface area (Å²) in [4.78, 5) is 26.2. The van der Waals surface area contributed by atoms with Gasteiger partial charge in [-0.15, -0.1) is 0 Å². The van der Waals surface area contributed by atoms with Gasteiger partial charge >= 0.3 is 0 Å². The molecule has 2 amide bonds. The molecule has 0 aromatic rings. The van der Waals surface area contributed by atoms with Crippen LogP contribution in [0.5, 0.6) is 0 Å². The van der Waals surface area contributed by atoms with E-state index in [-0.39, 0.29) is 17.9 Å². The van der Waals surface area contributed by atoms with E-state index in [1.165, 1.54) is 0 Å². The molecule has 1 fully saturated rings. The van der Waals surface area contributed by atoms with Gasteiger partial charge in [0.15, 0.2) is 0 Å². The quantitative estimate of drug-likeness (QED) is 0.804. The fraction of sp³-hybridized carbons (Fsp3) is 0.867. The van der Waals surface area contributed by atoms with Crippen LogP contribution in [0.4, 0.5) is 0 Å². The van der Waals surface area contributed by atoms with Crippen molar-refractivity contribution in [3.8, 4) is 0 Å². The lowest BCUT2D eigenvalue weighted by Gasteiger charge is -2.35. The average Bonchev–Trinajstić information content (AvgIpc) is 2.43. The number of hydrogen-bond acceptors (Lipinski definition) is 2. The fourth-order valence-corrected chi connectivity index (χ4v) is 2.72. The molecular formula is C15H28N2O2. The van der Waals surface area contributed by atoms with Gasteiger partial charge in [-0.25, -0.2) is 0 Å². The lowest BCUT2D eigenvalue weighted by Crippen LogP contribution is -2.55. The third-order valence-corrected chi connectivity index (χ3v) is 3.78. The Morgan fingerprint density at radius 3 is 2.47 bits per heavy atom. The summed E-state index contributed by atoms with van der Waals surface area (Å²) < 4.78 is 0. The zero-order valence-corrected chi connectivity index (χ0v) is 12.8.